The maximum atomic E-state index is 2.49. The van der Waals surface area contributed by atoms with Gasteiger partial charge in [0, 0.05) is 47.9 Å². The molecule has 0 radical (unpaired) electrons. The average Bonchev–Trinajstić information content (AvgIpc) is 4.18. The summed E-state index contributed by atoms with van der Waals surface area (Å²) in [4.78, 5) is 2.42. The van der Waals surface area contributed by atoms with E-state index in [0.29, 0.717) is 5.92 Å². The summed E-state index contributed by atoms with van der Waals surface area (Å²) in [5.41, 5.74) is 21.4. The van der Waals surface area contributed by atoms with E-state index in [1.807, 2.05) is 11.3 Å². The third-order valence-electron chi connectivity index (χ3n) is 15.4. The van der Waals surface area contributed by atoms with Gasteiger partial charge in [-0.15, -0.1) is 11.3 Å². The van der Waals surface area contributed by atoms with E-state index in [1.165, 1.54) is 103 Å². The molecule has 2 nitrogen and oxygen atoms in total. The third kappa shape index (κ3) is 8.14. The number of nitrogens with zero attached hydrogens (tertiary/aromatic N) is 2. The highest BCUT2D eigenvalue weighted by atomic mass is 32.1. The number of fused-ring (bicyclic) bond motifs is 6. The van der Waals surface area contributed by atoms with E-state index in [2.05, 4.69) is 295 Å². The van der Waals surface area contributed by atoms with Gasteiger partial charge in [0.15, 0.2) is 0 Å². The van der Waals surface area contributed by atoms with Gasteiger partial charge in [-0.1, -0.05) is 219 Å². The molecule has 14 rings (SSSR count). The minimum Gasteiger partial charge on any atom is -0.310 e. The quantitative estimate of drug-likeness (QED) is 0.133. The smallest absolute Gasteiger partial charge is 0.0555 e. The summed E-state index contributed by atoms with van der Waals surface area (Å²) in [7, 11) is 0. The molecule has 0 saturated carbocycles. The summed E-state index contributed by atoms with van der Waals surface area (Å²) in [6, 6.07) is 96.1. The van der Waals surface area contributed by atoms with Gasteiger partial charge in [0.2, 0.25) is 0 Å². The lowest BCUT2D eigenvalue weighted by molar-refractivity contribution is 0.749. The first-order chi connectivity index (χ1) is 37.6. The van der Waals surface area contributed by atoms with Crippen molar-refractivity contribution >= 4 is 76.0 Å². The summed E-state index contributed by atoms with van der Waals surface area (Å²) in [6.45, 7) is 2.29. The van der Waals surface area contributed by atoms with Crippen molar-refractivity contribution in [1.29, 1.82) is 0 Å². The molecule has 0 saturated heterocycles. The van der Waals surface area contributed by atoms with E-state index < -0.39 is 0 Å². The Labute approximate surface area is 448 Å². The number of allylic oxidation sites excluding steroid dienone is 4. The maximum Gasteiger partial charge on any atom is 0.0555 e. The van der Waals surface area contributed by atoms with Crippen molar-refractivity contribution in [3.63, 3.8) is 0 Å². The van der Waals surface area contributed by atoms with E-state index in [1.54, 1.807) is 0 Å². The Morgan fingerprint density at radius 1 is 0.395 bits per heavy atom. The molecule has 76 heavy (non-hydrogen) atoms. The molecule has 2 aromatic heterocycles. The Kier molecular flexibility index (Phi) is 11.5. The van der Waals surface area contributed by atoms with Crippen molar-refractivity contribution in [2.75, 3.05) is 4.90 Å². The molecular formula is C73H52N2S. The van der Waals surface area contributed by atoms with Crippen LogP contribution in [-0.2, 0) is 0 Å². The number of benzene rings is 11. The topological polar surface area (TPSA) is 8.17 Å². The molecule has 0 N–H and O–H groups in total. The molecule has 1 aliphatic carbocycles. The summed E-state index contributed by atoms with van der Waals surface area (Å²) in [5, 5.41) is 5.09. The van der Waals surface area contributed by atoms with Crippen molar-refractivity contribution in [1.82, 2.24) is 4.57 Å². The molecular weight excluding hydrogens is 937 g/mol. The first-order valence-corrected chi connectivity index (χ1v) is 27.2. The third-order valence-corrected chi connectivity index (χ3v) is 16.5. The van der Waals surface area contributed by atoms with Crippen molar-refractivity contribution in [2.45, 2.75) is 13.3 Å². The largest absolute Gasteiger partial charge is 0.310 e. The van der Waals surface area contributed by atoms with Gasteiger partial charge in [0.05, 0.1) is 22.4 Å². The number of hydrogen-bond acceptors (Lipinski definition) is 2. The molecule has 1 unspecified atom stereocenters. The van der Waals surface area contributed by atoms with Crippen LogP contribution in [0.1, 0.15) is 18.9 Å². The Morgan fingerprint density at radius 2 is 0.895 bits per heavy atom. The number of anilines is 3. The predicted molar refractivity (Wildman–Crippen MR) is 326 cm³/mol. The number of aromatic nitrogens is 1. The minimum atomic E-state index is 0.557. The second-order valence-electron chi connectivity index (χ2n) is 20.1. The highest BCUT2D eigenvalue weighted by Crippen LogP contribution is 2.46. The van der Waals surface area contributed by atoms with Gasteiger partial charge in [-0.3, -0.25) is 0 Å². The van der Waals surface area contributed by atoms with Crippen molar-refractivity contribution in [3.05, 3.63) is 285 Å². The van der Waals surface area contributed by atoms with Crippen LogP contribution in [0, 0.1) is 5.92 Å². The molecule has 0 bridgehead atoms. The second-order valence-corrected chi connectivity index (χ2v) is 21.2. The standard InChI is InChI=1S/C73H52N2S/c1-49-15-11-18-57(47-49)56-37-35-53(36-38-56)55-41-45-61(46-42-55)74(60-43-39-54(40-44-60)52-33-31-51(32-34-52)50-16-3-2-4-17-50)66-25-8-5-21-62(66)58-19-12-20-59(48-58)63-24-13-27-68-72(63)64-22-6-9-26-67(64)75(68)69-28-14-30-71-73(69)65-23-7-10-29-70(65)76-71/h2-46,48-49H,47H2,1H3. The molecule has 11 aromatic carbocycles. The Hall–Kier alpha value is -9.28. The SMILES string of the molecule is CC1C=CC=C(c2ccc(-c3ccc(N(c4ccc(-c5ccc(-c6ccccc6)cc5)cc4)c4ccccc4-c4cccc(-c5cccc6c5c5ccccc5n6-c5cccc6sc7ccccc7c56)c4)cc3)cc2)C1. The molecule has 1 aliphatic rings. The second kappa shape index (κ2) is 19.2. The normalized spacial score (nSPS) is 13.4. The van der Waals surface area contributed by atoms with E-state index >= 15 is 0 Å². The van der Waals surface area contributed by atoms with Crippen LogP contribution in [0.3, 0.4) is 0 Å². The molecule has 13 aromatic rings. The highest BCUT2D eigenvalue weighted by Gasteiger charge is 2.22. The van der Waals surface area contributed by atoms with Crippen LogP contribution in [0.4, 0.5) is 17.1 Å². The lowest BCUT2D eigenvalue weighted by Gasteiger charge is -2.28. The summed E-state index contributed by atoms with van der Waals surface area (Å²) < 4.78 is 5.10. The lowest BCUT2D eigenvalue weighted by Crippen LogP contribution is -2.11. The molecule has 2 heterocycles. The first-order valence-electron chi connectivity index (χ1n) is 26.4. The number of para-hydroxylation sites is 2. The number of thiophene rings is 1. The molecule has 0 spiro atoms. The fraction of sp³-hybridized carbons (Fsp3) is 0.0411. The zero-order valence-corrected chi connectivity index (χ0v) is 43.0. The van der Waals surface area contributed by atoms with Crippen molar-refractivity contribution in [2.24, 2.45) is 5.92 Å². The molecule has 1 atom stereocenters. The van der Waals surface area contributed by atoms with Crippen LogP contribution in [0.5, 0.6) is 0 Å². The maximum absolute atomic E-state index is 2.49. The van der Waals surface area contributed by atoms with Gasteiger partial charge in [0.25, 0.3) is 0 Å². The van der Waals surface area contributed by atoms with Crippen molar-refractivity contribution in [3.8, 4) is 61.3 Å². The zero-order chi connectivity index (χ0) is 50.5. The summed E-state index contributed by atoms with van der Waals surface area (Å²) >= 11 is 1.87. The van der Waals surface area contributed by atoms with Gasteiger partial charge in [-0.25, -0.2) is 0 Å². The molecule has 3 heteroatoms. The first kappa shape index (κ1) is 45.3. The minimum absolute atomic E-state index is 0.557. The Bertz CT molecular complexity index is 4350. The van der Waals surface area contributed by atoms with E-state index in [4.69, 9.17) is 0 Å². The number of rotatable bonds is 10. The Balaban J connectivity index is 0.866. The molecule has 0 fully saturated rings. The van der Waals surface area contributed by atoms with E-state index in [0.717, 1.165) is 34.6 Å². The van der Waals surface area contributed by atoms with E-state index in [9.17, 15) is 0 Å². The molecule has 0 amide bonds. The molecule has 0 aliphatic heterocycles. The lowest BCUT2D eigenvalue weighted by atomic mass is 9.90. The Morgan fingerprint density at radius 3 is 1.59 bits per heavy atom. The van der Waals surface area contributed by atoms with Crippen LogP contribution in [-0.4, -0.2) is 4.57 Å². The van der Waals surface area contributed by atoms with Crippen LogP contribution >= 0.6 is 11.3 Å². The van der Waals surface area contributed by atoms with Crippen LogP contribution in [0.2, 0.25) is 0 Å². The average molecular weight is 989 g/mol. The van der Waals surface area contributed by atoms with Gasteiger partial charge in [-0.2, -0.15) is 0 Å². The number of hydrogen-bond donors (Lipinski definition) is 0. The van der Waals surface area contributed by atoms with Crippen molar-refractivity contribution < 1.29 is 0 Å². The van der Waals surface area contributed by atoms with Crippen LogP contribution in [0.25, 0.3) is 109 Å². The van der Waals surface area contributed by atoms with Crippen LogP contribution < -0.4 is 4.90 Å². The summed E-state index contributed by atoms with van der Waals surface area (Å²) in [6.07, 6.45) is 7.81. The highest BCUT2D eigenvalue weighted by molar-refractivity contribution is 7.25. The van der Waals surface area contributed by atoms with Gasteiger partial charge in [-0.05, 0) is 140 Å². The van der Waals surface area contributed by atoms with Crippen LogP contribution in [0.15, 0.2) is 279 Å². The summed E-state index contributed by atoms with van der Waals surface area (Å²) in [5.74, 6) is 0.557. The van der Waals surface area contributed by atoms with Gasteiger partial charge < -0.3 is 9.47 Å². The molecule has 360 valence electrons. The van der Waals surface area contributed by atoms with Gasteiger partial charge in [0.1, 0.15) is 0 Å². The monoisotopic (exact) mass is 988 g/mol. The van der Waals surface area contributed by atoms with E-state index in [-0.39, 0.29) is 0 Å². The predicted octanol–water partition coefficient (Wildman–Crippen LogP) is 20.9. The van der Waals surface area contributed by atoms with Gasteiger partial charge >= 0.3 is 0 Å². The fourth-order valence-corrected chi connectivity index (χ4v) is 12.8. The zero-order valence-electron chi connectivity index (χ0n) is 42.1. The fourth-order valence-electron chi connectivity index (χ4n) is 11.7.